The minimum atomic E-state index is -0.803. The second-order valence-corrected chi connectivity index (χ2v) is 4.55. The number of aliphatic carboxylic acids is 1. The molecular formula is C13H16N4O2. The maximum Gasteiger partial charge on any atom is 0.306 e. The molecule has 0 aliphatic carbocycles. The van der Waals surface area contributed by atoms with Crippen LogP contribution in [0.15, 0.2) is 18.5 Å². The number of rotatable bonds is 4. The summed E-state index contributed by atoms with van der Waals surface area (Å²) in [7, 11) is 0. The zero-order chi connectivity index (χ0) is 14.0. The molecule has 0 bridgehead atoms. The second-order valence-electron chi connectivity index (χ2n) is 4.55. The Bertz CT molecular complexity index is 592. The van der Waals surface area contributed by atoms with Gasteiger partial charge in [-0.3, -0.25) is 4.79 Å². The number of carbonyl (C=O) groups is 1. The summed E-state index contributed by atoms with van der Waals surface area (Å²) in [5, 5.41) is 13.4. The summed E-state index contributed by atoms with van der Waals surface area (Å²) < 4.78 is 1.65. The number of carboxylic acids is 1. The normalized spacial score (nSPS) is 12.4. The van der Waals surface area contributed by atoms with E-state index < -0.39 is 11.9 Å². The van der Waals surface area contributed by atoms with Crippen molar-refractivity contribution < 1.29 is 9.90 Å². The average molecular weight is 260 g/mol. The number of carboxylic acid groups (broad SMARTS) is 1. The molecule has 1 unspecified atom stereocenters. The molecule has 19 heavy (non-hydrogen) atoms. The largest absolute Gasteiger partial charge is 0.481 e. The highest BCUT2D eigenvalue weighted by molar-refractivity contribution is 5.70. The molecule has 0 saturated heterocycles. The molecule has 6 nitrogen and oxygen atoms in total. The van der Waals surface area contributed by atoms with Gasteiger partial charge in [0.2, 0.25) is 0 Å². The van der Waals surface area contributed by atoms with Crippen LogP contribution in [-0.4, -0.2) is 30.8 Å². The van der Waals surface area contributed by atoms with Crippen LogP contribution < -0.4 is 0 Å². The first kappa shape index (κ1) is 13.2. The van der Waals surface area contributed by atoms with E-state index in [9.17, 15) is 4.79 Å². The summed E-state index contributed by atoms with van der Waals surface area (Å²) in [4.78, 5) is 19.3. The van der Waals surface area contributed by atoms with E-state index in [2.05, 4.69) is 15.1 Å². The van der Waals surface area contributed by atoms with Crippen LogP contribution in [0, 0.1) is 19.8 Å². The lowest BCUT2D eigenvalue weighted by atomic mass is 10.00. The average Bonchev–Trinajstić information content (AvgIpc) is 2.67. The van der Waals surface area contributed by atoms with E-state index in [1.54, 1.807) is 30.1 Å². The summed E-state index contributed by atoms with van der Waals surface area (Å²) in [6.45, 7) is 5.47. The van der Waals surface area contributed by atoms with Gasteiger partial charge in [0, 0.05) is 18.1 Å². The molecule has 2 heterocycles. The van der Waals surface area contributed by atoms with E-state index in [1.807, 2.05) is 13.8 Å². The molecule has 0 aromatic carbocycles. The summed E-state index contributed by atoms with van der Waals surface area (Å²) in [6.07, 6.45) is 3.76. The van der Waals surface area contributed by atoms with Crippen LogP contribution in [0.4, 0.5) is 0 Å². The molecule has 0 fully saturated rings. The van der Waals surface area contributed by atoms with Gasteiger partial charge >= 0.3 is 5.97 Å². The molecule has 1 atom stereocenters. The molecule has 0 aliphatic heterocycles. The van der Waals surface area contributed by atoms with Crippen molar-refractivity contribution in [2.24, 2.45) is 5.92 Å². The topological polar surface area (TPSA) is 80.9 Å². The summed E-state index contributed by atoms with van der Waals surface area (Å²) in [5.41, 5.74) is 2.65. The van der Waals surface area contributed by atoms with Gasteiger partial charge in [-0.15, -0.1) is 0 Å². The van der Waals surface area contributed by atoms with Gasteiger partial charge in [0.25, 0.3) is 5.95 Å². The van der Waals surface area contributed by atoms with Crippen molar-refractivity contribution >= 4 is 5.97 Å². The van der Waals surface area contributed by atoms with Crippen molar-refractivity contribution in [3.8, 4) is 5.95 Å². The van der Waals surface area contributed by atoms with Gasteiger partial charge in [0.15, 0.2) is 0 Å². The fourth-order valence-electron chi connectivity index (χ4n) is 1.96. The maximum atomic E-state index is 11.0. The molecule has 0 aliphatic rings. The first-order valence-corrected chi connectivity index (χ1v) is 6.06. The second kappa shape index (κ2) is 5.17. The first-order chi connectivity index (χ1) is 9.00. The van der Waals surface area contributed by atoms with Crippen LogP contribution in [0.25, 0.3) is 5.95 Å². The van der Waals surface area contributed by atoms with Crippen LogP contribution >= 0.6 is 0 Å². The number of nitrogens with zero attached hydrogens (tertiary/aromatic N) is 4. The Morgan fingerprint density at radius 3 is 2.58 bits per heavy atom. The van der Waals surface area contributed by atoms with Crippen molar-refractivity contribution in [2.45, 2.75) is 27.2 Å². The molecule has 0 amide bonds. The Morgan fingerprint density at radius 2 is 2.00 bits per heavy atom. The van der Waals surface area contributed by atoms with Gasteiger partial charge < -0.3 is 5.11 Å². The van der Waals surface area contributed by atoms with Crippen molar-refractivity contribution in [3.63, 3.8) is 0 Å². The van der Waals surface area contributed by atoms with Crippen molar-refractivity contribution in [1.82, 2.24) is 19.7 Å². The van der Waals surface area contributed by atoms with Gasteiger partial charge in [-0.25, -0.2) is 14.6 Å². The highest BCUT2D eigenvalue weighted by Gasteiger charge is 2.19. The number of hydrogen-bond donors (Lipinski definition) is 1. The molecule has 2 rings (SSSR count). The fourth-order valence-corrected chi connectivity index (χ4v) is 1.96. The lowest BCUT2D eigenvalue weighted by Crippen LogP contribution is -2.13. The van der Waals surface area contributed by atoms with Crippen LogP contribution in [0.1, 0.15) is 23.9 Å². The summed E-state index contributed by atoms with van der Waals surface area (Å²) in [6, 6.07) is 1.74. The zero-order valence-corrected chi connectivity index (χ0v) is 11.2. The monoisotopic (exact) mass is 260 g/mol. The van der Waals surface area contributed by atoms with E-state index in [0.717, 1.165) is 17.0 Å². The van der Waals surface area contributed by atoms with Gasteiger partial charge in [0.05, 0.1) is 11.6 Å². The molecule has 6 heteroatoms. The predicted octanol–water partition coefficient (Wildman–Crippen LogP) is 1.54. The highest BCUT2D eigenvalue weighted by Crippen LogP contribution is 2.19. The molecule has 1 N–H and O–H groups in total. The Balaban J connectivity index is 2.38. The van der Waals surface area contributed by atoms with Crippen LogP contribution in [0.5, 0.6) is 0 Å². The molecule has 0 radical (unpaired) electrons. The number of aromatic nitrogens is 4. The molecular weight excluding hydrogens is 244 g/mol. The molecule has 100 valence electrons. The third-order valence-corrected chi connectivity index (χ3v) is 3.11. The fraction of sp³-hybridized carbons (Fsp3) is 0.385. The third kappa shape index (κ3) is 2.62. The van der Waals surface area contributed by atoms with Gasteiger partial charge in [-0.2, -0.15) is 5.10 Å². The summed E-state index contributed by atoms with van der Waals surface area (Å²) in [5.74, 6) is -0.744. The lowest BCUT2D eigenvalue weighted by Gasteiger charge is -2.06. The predicted molar refractivity (Wildman–Crippen MR) is 69.1 cm³/mol. The van der Waals surface area contributed by atoms with Crippen molar-refractivity contribution in [3.05, 3.63) is 35.4 Å². The Kier molecular flexibility index (Phi) is 3.59. The number of hydrogen-bond acceptors (Lipinski definition) is 4. The summed E-state index contributed by atoms with van der Waals surface area (Å²) >= 11 is 0. The van der Waals surface area contributed by atoms with Gasteiger partial charge in [-0.05, 0) is 31.9 Å². The quantitative estimate of drug-likeness (QED) is 0.901. The molecule has 0 spiro atoms. The third-order valence-electron chi connectivity index (χ3n) is 3.11. The Hall–Kier alpha value is -2.24. The minimum absolute atomic E-state index is 0.438. The van der Waals surface area contributed by atoms with Crippen LogP contribution in [0.3, 0.4) is 0 Å². The SMILES string of the molecule is Cc1nn(-c2ncccn2)c(C)c1CC(C)C(=O)O. The van der Waals surface area contributed by atoms with E-state index in [1.165, 1.54) is 0 Å². The van der Waals surface area contributed by atoms with E-state index in [-0.39, 0.29) is 0 Å². The first-order valence-electron chi connectivity index (χ1n) is 6.06. The lowest BCUT2D eigenvalue weighted by molar-refractivity contribution is -0.141. The zero-order valence-electron chi connectivity index (χ0n) is 11.2. The molecule has 2 aromatic rings. The Labute approximate surface area is 111 Å². The Morgan fingerprint density at radius 1 is 1.37 bits per heavy atom. The van der Waals surface area contributed by atoms with Crippen molar-refractivity contribution in [1.29, 1.82) is 0 Å². The highest BCUT2D eigenvalue weighted by atomic mass is 16.4. The van der Waals surface area contributed by atoms with Crippen LogP contribution in [0.2, 0.25) is 0 Å². The van der Waals surface area contributed by atoms with E-state index >= 15 is 0 Å². The maximum absolute atomic E-state index is 11.0. The molecule has 2 aromatic heterocycles. The smallest absolute Gasteiger partial charge is 0.306 e. The van der Waals surface area contributed by atoms with Gasteiger partial charge in [-0.1, -0.05) is 6.92 Å². The minimum Gasteiger partial charge on any atom is -0.481 e. The van der Waals surface area contributed by atoms with E-state index in [0.29, 0.717) is 12.4 Å². The van der Waals surface area contributed by atoms with E-state index in [4.69, 9.17) is 5.11 Å². The van der Waals surface area contributed by atoms with Crippen molar-refractivity contribution in [2.75, 3.05) is 0 Å². The van der Waals surface area contributed by atoms with Crippen LogP contribution in [-0.2, 0) is 11.2 Å². The van der Waals surface area contributed by atoms with Gasteiger partial charge in [0.1, 0.15) is 0 Å². The standard InChI is InChI=1S/C13H16N4O2/c1-8(12(18)19)7-11-9(2)16-17(10(11)3)13-14-5-4-6-15-13/h4-6,8H,7H2,1-3H3,(H,18,19). The molecule has 0 saturated carbocycles. The number of aryl methyl sites for hydroxylation is 1.